The number of aliphatic hydroxyl groups excluding tert-OH is 1. The van der Waals surface area contributed by atoms with Gasteiger partial charge in [0.1, 0.15) is 0 Å². The lowest BCUT2D eigenvalue weighted by atomic mass is 9.80. The van der Waals surface area contributed by atoms with Crippen molar-refractivity contribution in [3.8, 4) is 0 Å². The first kappa shape index (κ1) is 16.3. The van der Waals surface area contributed by atoms with Crippen molar-refractivity contribution in [1.82, 2.24) is 5.06 Å². The van der Waals surface area contributed by atoms with E-state index in [1.807, 2.05) is 0 Å². The standard InChI is InChI=1S/C17H33NO2/c1-13(14-9-7-6-8-10-14)20-18-16(2,3)11-15(19)12-17(18,4)5/h13-15,19H,6-12H2,1-5H3. The maximum atomic E-state index is 10.1. The molecule has 0 aromatic rings. The van der Waals surface area contributed by atoms with Gasteiger partial charge in [0.2, 0.25) is 0 Å². The molecular formula is C17H33NO2. The molecule has 1 heterocycles. The fraction of sp³-hybridized carbons (Fsp3) is 1.00. The lowest BCUT2D eigenvalue weighted by Crippen LogP contribution is -2.62. The van der Waals surface area contributed by atoms with Gasteiger partial charge in [0.25, 0.3) is 0 Å². The molecule has 1 aliphatic carbocycles. The Bertz CT molecular complexity index is 303. The minimum atomic E-state index is -0.218. The van der Waals surface area contributed by atoms with E-state index in [4.69, 9.17) is 4.84 Å². The maximum absolute atomic E-state index is 10.1. The zero-order chi connectivity index (χ0) is 15.0. The molecule has 2 rings (SSSR count). The summed E-state index contributed by atoms with van der Waals surface area (Å²) in [4.78, 5) is 6.43. The second-order valence-electron chi connectivity index (χ2n) is 8.19. The number of aliphatic hydroxyl groups is 1. The molecule has 0 radical (unpaired) electrons. The third kappa shape index (κ3) is 3.55. The van der Waals surface area contributed by atoms with Crippen molar-refractivity contribution in [3.05, 3.63) is 0 Å². The maximum Gasteiger partial charge on any atom is 0.0793 e. The topological polar surface area (TPSA) is 32.7 Å². The van der Waals surface area contributed by atoms with E-state index in [2.05, 4.69) is 39.7 Å². The normalized spacial score (nSPS) is 30.3. The van der Waals surface area contributed by atoms with Crippen LogP contribution in [-0.4, -0.2) is 33.5 Å². The van der Waals surface area contributed by atoms with Crippen molar-refractivity contribution in [3.63, 3.8) is 0 Å². The number of nitrogens with zero attached hydrogens (tertiary/aromatic N) is 1. The third-order valence-electron chi connectivity index (χ3n) is 5.16. The molecule has 0 bridgehead atoms. The van der Waals surface area contributed by atoms with Crippen LogP contribution in [0.1, 0.15) is 79.6 Å². The van der Waals surface area contributed by atoms with Gasteiger partial charge in [0, 0.05) is 11.1 Å². The van der Waals surface area contributed by atoms with Crippen LogP contribution >= 0.6 is 0 Å². The summed E-state index contributed by atoms with van der Waals surface area (Å²) in [6, 6.07) is 0. The van der Waals surface area contributed by atoms with Crippen molar-refractivity contribution in [2.75, 3.05) is 0 Å². The number of hydroxylamine groups is 2. The van der Waals surface area contributed by atoms with Gasteiger partial charge < -0.3 is 5.11 Å². The summed E-state index contributed by atoms with van der Waals surface area (Å²) < 4.78 is 0. The van der Waals surface area contributed by atoms with Gasteiger partial charge in [-0.15, -0.1) is 0 Å². The van der Waals surface area contributed by atoms with Crippen LogP contribution in [-0.2, 0) is 4.84 Å². The minimum Gasteiger partial charge on any atom is -0.393 e. The molecule has 0 amide bonds. The molecule has 0 spiro atoms. The number of rotatable bonds is 3. The second-order valence-corrected chi connectivity index (χ2v) is 8.19. The fourth-order valence-electron chi connectivity index (χ4n) is 4.35. The summed E-state index contributed by atoms with van der Waals surface area (Å²) in [7, 11) is 0. The molecule has 1 N–H and O–H groups in total. The van der Waals surface area contributed by atoms with Crippen LogP contribution in [0.4, 0.5) is 0 Å². The van der Waals surface area contributed by atoms with Crippen molar-refractivity contribution in [1.29, 1.82) is 0 Å². The third-order valence-corrected chi connectivity index (χ3v) is 5.16. The Labute approximate surface area is 124 Å². The van der Waals surface area contributed by atoms with Gasteiger partial charge in [-0.05, 0) is 66.2 Å². The Morgan fingerprint density at radius 3 is 2.00 bits per heavy atom. The van der Waals surface area contributed by atoms with Crippen LogP contribution < -0.4 is 0 Å². The molecule has 1 saturated heterocycles. The largest absolute Gasteiger partial charge is 0.393 e. The van der Waals surface area contributed by atoms with E-state index in [1.165, 1.54) is 32.1 Å². The smallest absolute Gasteiger partial charge is 0.0793 e. The van der Waals surface area contributed by atoms with Gasteiger partial charge in [-0.3, -0.25) is 4.84 Å². The predicted molar refractivity (Wildman–Crippen MR) is 82.4 cm³/mol. The van der Waals surface area contributed by atoms with Gasteiger partial charge >= 0.3 is 0 Å². The van der Waals surface area contributed by atoms with E-state index in [1.54, 1.807) is 0 Å². The molecule has 1 aliphatic heterocycles. The SMILES string of the molecule is CC(ON1C(C)(C)CC(O)CC1(C)C)C1CCCCC1. The first-order valence-electron chi connectivity index (χ1n) is 8.37. The summed E-state index contributed by atoms with van der Waals surface area (Å²) in [6.07, 6.45) is 8.33. The molecule has 0 aromatic heterocycles. The molecule has 1 unspecified atom stereocenters. The number of hydrogen-bond acceptors (Lipinski definition) is 3. The zero-order valence-corrected chi connectivity index (χ0v) is 14.0. The predicted octanol–water partition coefficient (Wildman–Crippen LogP) is 3.90. The van der Waals surface area contributed by atoms with Crippen LogP contribution in [0.3, 0.4) is 0 Å². The van der Waals surface area contributed by atoms with E-state index < -0.39 is 0 Å². The van der Waals surface area contributed by atoms with Crippen molar-refractivity contribution >= 4 is 0 Å². The minimum absolute atomic E-state index is 0.107. The molecule has 20 heavy (non-hydrogen) atoms. The van der Waals surface area contributed by atoms with E-state index in [0.29, 0.717) is 5.92 Å². The lowest BCUT2D eigenvalue weighted by molar-refractivity contribution is -0.319. The highest BCUT2D eigenvalue weighted by Crippen LogP contribution is 2.40. The average molecular weight is 283 g/mol. The molecule has 2 fully saturated rings. The first-order chi connectivity index (χ1) is 9.22. The summed E-state index contributed by atoms with van der Waals surface area (Å²) in [5, 5.41) is 12.3. The van der Waals surface area contributed by atoms with E-state index in [0.717, 1.165) is 12.8 Å². The molecule has 2 aliphatic rings. The monoisotopic (exact) mass is 283 g/mol. The van der Waals surface area contributed by atoms with Crippen LogP contribution in [0.2, 0.25) is 0 Å². The number of piperidine rings is 1. The Morgan fingerprint density at radius 1 is 1.00 bits per heavy atom. The summed E-state index contributed by atoms with van der Waals surface area (Å²) in [5.74, 6) is 0.696. The fourth-order valence-corrected chi connectivity index (χ4v) is 4.35. The highest BCUT2D eigenvalue weighted by atomic mass is 16.7. The lowest BCUT2D eigenvalue weighted by Gasteiger charge is -2.54. The first-order valence-corrected chi connectivity index (χ1v) is 8.37. The van der Waals surface area contributed by atoms with Gasteiger partial charge in [-0.1, -0.05) is 19.3 Å². The Balaban J connectivity index is 2.04. The molecule has 3 heteroatoms. The van der Waals surface area contributed by atoms with E-state index in [-0.39, 0.29) is 23.3 Å². The quantitative estimate of drug-likeness (QED) is 0.852. The molecule has 3 nitrogen and oxygen atoms in total. The van der Waals surface area contributed by atoms with E-state index >= 15 is 0 Å². The molecule has 118 valence electrons. The summed E-state index contributed by atoms with van der Waals surface area (Å²) in [6.45, 7) is 11.0. The Hall–Kier alpha value is -0.120. The van der Waals surface area contributed by atoms with Crippen LogP contribution in [0.15, 0.2) is 0 Å². The molecular weight excluding hydrogens is 250 g/mol. The van der Waals surface area contributed by atoms with Gasteiger partial charge in [0.15, 0.2) is 0 Å². The van der Waals surface area contributed by atoms with E-state index in [9.17, 15) is 5.11 Å². The van der Waals surface area contributed by atoms with Gasteiger partial charge in [-0.2, -0.15) is 5.06 Å². The Kier molecular flexibility index (Phi) is 4.83. The van der Waals surface area contributed by atoms with Crippen LogP contribution in [0.25, 0.3) is 0 Å². The van der Waals surface area contributed by atoms with Crippen molar-refractivity contribution in [2.45, 2.75) is 103 Å². The number of hydrogen-bond donors (Lipinski definition) is 1. The zero-order valence-electron chi connectivity index (χ0n) is 14.0. The molecule has 1 saturated carbocycles. The molecule has 1 atom stereocenters. The van der Waals surface area contributed by atoms with Crippen molar-refractivity contribution < 1.29 is 9.94 Å². The van der Waals surface area contributed by atoms with Crippen LogP contribution in [0.5, 0.6) is 0 Å². The Morgan fingerprint density at radius 2 is 1.50 bits per heavy atom. The highest BCUT2D eigenvalue weighted by molar-refractivity contribution is 4.97. The average Bonchev–Trinajstić information content (AvgIpc) is 2.33. The second kappa shape index (κ2) is 5.94. The van der Waals surface area contributed by atoms with Crippen LogP contribution in [0, 0.1) is 5.92 Å². The summed E-state index contributed by atoms with van der Waals surface area (Å²) in [5.41, 5.74) is -0.214. The van der Waals surface area contributed by atoms with Crippen molar-refractivity contribution in [2.24, 2.45) is 5.92 Å². The van der Waals surface area contributed by atoms with Gasteiger partial charge in [-0.25, -0.2) is 0 Å². The highest BCUT2D eigenvalue weighted by Gasteiger charge is 2.47. The molecule has 0 aromatic carbocycles. The van der Waals surface area contributed by atoms with Gasteiger partial charge in [0.05, 0.1) is 12.2 Å². The summed E-state index contributed by atoms with van der Waals surface area (Å²) >= 11 is 0.